The normalized spacial score (nSPS) is 20.5. The average Bonchev–Trinajstić information content (AvgIpc) is 3.27. The van der Waals surface area contributed by atoms with Crippen LogP contribution >= 0.6 is 0 Å². The number of imide groups is 1. The molecule has 2 heterocycles. The van der Waals surface area contributed by atoms with Crippen LogP contribution in [-0.4, -0.2) is 37.3 Å². The number of fused-ring (bicyclic) bond motifs is 1. The third-order valence-corrected chi connectivity index (χ3v) is 4.64. The van der Waals surface area contributed by atoms with Crippen molar-refractivity contribution in [3.05, 3.63) is 66.7 Å². The van der Waals surface area contributed by atoms with Gasteiger partial charge in [0.15, 0.2) is 11.5 Å². The number of carbonyl (C=O) groups excluding carboxylic acids is 2. The number of nitrogens with zero attached hydrogens (tertiary/aromatic N) is 2. The molecule has 0 aromatic heterocycles. The van der Waals surface area contributed by atoms with Crippen LogP contribution in [-0.2, 0) is 14.4 Å². The summed E-state index contributed by atoms with van der Waals surface area (Å²) in [5, 5.41) is 4.02. The highest BCUT2D eigenvalue weighted by atomic mass is 16.7. The van der Waals surface area contributed by atoms with E-state index in [1.54, 1.807) is 48.5 Å². The molecule has 1 fully saturated rings. The van der Waals surface area contributed by atoms with E-state index < -0.39 is 17.9 Å². The largest absolute Gasteiger partial charge is 0.493 e. The zero-order valence-electron chi connectivity index (χ0n) is 15.2. The first-order chi connectivity index (χ1) is 13.7. The Morgan fingerprint density at radius 2 is 1.93 bits per heavy atom. The summed E-state index contributed by atoms with van der Waals surface area (Å²) in [6.07, 6.45) is 0.679. The van der Waals surface area contributed by atoms with Crippen LogP contribution in [0.3, 0.4) is 0 Å². The molecule has 0 spiro atoms. The van der Waals surface area contributed by atoms with Gasteiger partial charge in [-0.05, 0) is 30.3 Å². The number of rotatable bonds is 6. The fraction of sp³-hybridized carbons (Fsp3) is 0.190. The number of amides is 2. The molecule has 2 aliphatic rings. The van der Waals surface area contributed by atoms with Crippen molar-refractivity contribution in [2.45, 2.75) is 6.10 Å². The maximum Gasteiger partial charge on any atom is 0.278 e. The Balaban J connectivity index is 1.65. The number of oxime groups is 1. The Morgan fingerprint density at radius 1 is 1.14 bits per heavy atom. The second-order valence-corrected chi connectivity index (χ2v) is 6.29. The van der Waals surface area contributed by atoms with E-state index in [1.807, 2.05) is 6.07 Å². The fourth-order valence-corrected chi connectivity index (χ4v) is 3.34. The van der Waals surface area contributed by atoms with Crippen molar-refractivity contribution in [1.29, 1.82) is 0 Å². The van der Waals surface area contributed by atoms with Crippen LogP contribution < -0.4 is 14.4 Å². The van der Waals surface area contributed by atoms with Gasteiger partial charge in [0.2, 0.25) is 12.0 Å². The molecule has 0 N–H and O–H groups in total. The highest BCUT2D eigenvalue weighted by Crippen LogP contribution is 2.37. The van der Waals surface area contributed by atoms with E-state index in [2.05, 4.69) is 11.7 Å². The summed E-state index contributed by atoms with van der Waals surface area (Å²) in [7, 11) is 1.52. The lowest BCUT2D eigenvalue weighted by Crippen LogP contribution is -2.33. The number of hydrogen-bond acceptors (Lipinski definition) is 6. The first-order valence-electron chi connectivity index (χ1n) is 8.74. The predicted octanol–water partition coefficient (Wildman–Crippen LogP) is 2.55. The van der Waals surface area contributed by atoms with Crippen LogP contribution in [0.15, 0.2) is 66.3 Å². The van der Waals surface area contributed by atoms with E-state index in [-0.39, 0.29) is 5.91 Å². The Morgan fingerprint density at radius 3 is 2.64 bits per heavy atom. The highest BCUT2D eigenvalue weighted by Gasteiger charge is 2.56. The molecular weight excluding hydrogens is 360 g/mol. The smallest absolute Gasteiger partial charge is 0.278 e. The second kappa shape index (κ2) is 7.19. The molecule has 2 aromatic carbocycles. The van der Waals surface area contributed by atoms with Gasteiger partial charge in [0.1, 0.15) is 18.2 Å². The molecule has 0 unspecified atom stereocenters. The summed E-state index contributed by atoms with van der Waals surface area (Å²) in [6, 6.07) is 14.0. The van der Waals surface area contributed by atoms with Crippen LogP contribution in [0, 0.1) is 5.92 Å². The molecule has 0 bridgehead atoms. The second-order valence-electron chi connectivity index (χ2n) is 6.29. The monoisotopic (exact) mass is 378 g/mol. The SMILES string of the molecule is C=CCOc1ccc(C2=NO[C@H]3C(=O)N(c4ccccc4)C(=O)[C@H]23)cc1OC. The van der Waals surface area contributed by atoms with Crippen LogP contribution in [0.5, 0.6) is 11.5 Å². The van der Waals surface area contributed by atoms with Crippen molar-refractivity contribution in [2.24, 2.45) is 11.1 Å². The number of carbonyl (C=O) groups is 2. The maximum absolute atomic E-state index is 13.0. The summed E-state index contributed by atoms with van der Waals surface area (Å²) in [5.74, 6) is -0.539. The van der Waals surface area contributed by atoms with Gasteiger partial charge in [-0.3, -0.25) is 9.59 Å². The Labute approximate surface area is 161 Å². The zero-order valence-corrected chi connectivity index (χ0v) is 15.2. The number of anilines is 1. The molecule has 7 nitrogen and oxygen atoms in total. The summed E-state index contributed by atoms with van der Waals surface area (Å²) >= 11 is 0. The molecular formula is C21H18N2O5. The van der Waals surface area contributed by atoms with Gasteiger partial charge in [0.05, 0.1) is 12.8 Å². The Kier molecular flexibility index (Phi) is 4.57. The van der Waals surface area contributed by atoms with Gasteiger partial charge >= 0.3 is 0 Å². The lowest BCUT2D eigenvalue weighted by molar-refractivity contribution is -0.126. The lowest BCUT2D eigenvalue weighted by Gasteiger charge is -2.15. The summed E-state index contributed by atoms with van der Waals surface area (Å²) < 4.78 is 10.9. The average molecular weight is 378 g/mol. The van der Waals surface area contributed by atoms with Gasteiger partial charge in [0, 0.05) is 5.56 Å². The molecule has 142 valence electrons. The number of methoxy groups -OCH3 is 1. The molecule has 2 atom stereocenters. The maximum atomic E-state index is 13.0. The predicted molar refractivity (Wildman–Crippen MR) is 103 cm³/mol. The molecule has 1 saturated heterocycles. The van der Waals surface area contributed by atoms with Gasteiger partial charge in [0.25, 0.3) is 5.91 Å². The van der Waals surface area contributed by atoms with Crippen LogP contribution in [0.1, 0.15) is 5.56 Å². The van der Waals surface area contributed by atoms with Crippen molar-refractivity contribution in [1.82, 2.24) is 0 Å². The Bertz CT molecular complexity index is 970. The minimum atomic E-state index is -0.953. The summed E-state index contributed by atoms with van der Waals surface area (Å²) in [4.78, 5) is 32.2. The van der Waals surface area contributed by atoms with E-state index in [0.717, 1.165) is 4.90 Å². The molecule has 0 saturated carbocycles. The zero-order chi connectivity index (χ0) is 19.7. The van der Waals surface area contributed by atoms with E-state index in [9.17, 15) is 9.59 Å². The standard InChI is InChI=1S/C21H18N2O5/c1-3-11-27-15-10-9-13(12-16(15)26-2)18-17-19(28-22-18)21(25)23(20(17)24)14-7-5-4-6-8-14/h3-10,12,17,19H,1,11H2,2H3/t17-,19-/m1/s1. The molecule has 0 radical (unpaired) electrons. The first kappa shape index (κ1) is 17.8. The van der Waals surface area contributed by atoms with Gasteiger partial charge in [-0.2, -0.15) is 0 Å². The Hall–Kier alpha value is -3.61. The fourth-order valence-electron chi connectivity index (χ4n) is 3.34. The van der Waals surface area contributed by atoms with Gasteiger partial charge < -0.3 is 14.3 Å². The summed E-state index contributed by atoms with van der Waals surface area (Å²) in [6.45, 7) is 3.96. The van der Waals surface area contributed by atoms with Crippen molar-refractivity contribution in [3.63, 3.8) is 0 Å². The minimum absolute atomic E-state index is 0.337. The van der Waals surface area contributed by atoms with Crippen LogP contribution in [0.4, 0.5) is 5.69 Å². The number of benzene rings is 2. The van der Waals surface area contributed by atoms with Crippen molar-refractivity contribution in [3.8, 4) is 11.5 Å². The molecule has 28 heavy (non-hydrogen) atoms. The molecule has 2 aliphatic heterocycles. The number of ether oxygens (including phenoxy) is 2. The highest BCUT2D eigenvalue weighted by molar-refractivity contribution is 6.32. The summed E-state index contributed by atoms with van der Waals surface area (Å²) in [5.41, 5.74) is 1.54. The number of para-hydroxylation sites is 1. The topological polar surface area (TPSA) is 77.4 Å². The third kappa shape index (κ3) is 2.81. The quantitative estimate of drug-likeness (QED) is 0.570. The molecule has 2 amide bonds. The third-order valence-electron chi connectivity index (χ3n) is 4.64. The van der Waals surface area contributed by atoms with Gasteiger partial charge in [-0.15, -0.1) is 0 Å². The molecule has 0 aliphatic carbocycles. The van der Waals surface area contributed by atoms with Crippen molar-refractivity contribution in [2.75, 3.05) is 18.6 Å². The van der Waals surface area contributed by atoms with Crippen molar-refractivity contribution >= 4 is 23.2 Å². The first-order valence-corrected chi connectivity index (χ1v) is 8.74. The van der Waals surface area contributed by atoms with E-state index in [1.165, 1.54) is 7.11 Å². The van der Waals surface area contributed by atoms with Crippen LogP contribution in [0.25, 0.3) is 0 Å². The molecule has 4 rings (SSSR count). The molecule has 7 heteroatoms. The van der Waals surface area contributed by atoms with Crippen molar-refractivity contribution < 1.29 is 23.9 Å². The van der Waals surface area contributed by atoms with Gasteiger partial charge in [-0.25, -0.2) is 4.90 Å². The van der Waals surface area contributed by atoms with Gasteiger partial charge in [-0.1, -0.05) is 36.0 Å². The number of hydrogen-bond donors (Lipinski definition) is 0. The van der Waals surface area contributed by atoms with Crippen LogP contribution in [0.2, 0.25) is 0 Å². The van der Waals surface area contributed by atoms with E-state index in [4.69, 9.17) is 14.3 Å². The molecule has 2 aromatic rings. The van der Waals surface area contributed by atoms with E-state index in [0.29, 0.717) is 35.1 Å². The minimum Gasteiger partial charge on any atom is -0.493 e. The van der Waals surface area contributed by atoms with E-state index >= 15 is 0 Å². The lowest BCUT2D eigenvalue weighted by atomic mass is 9.94.